The van der Waals surface area contributed by atoms with E-state index in [-0.39, 0.29) is 57.1 Å². The molecule has 7 N–H and O–H groups in total. The molecule has 812 valence electrons. The van der Waals surface area contributed by atoms with Gasteiger partial charge < -0.3 is 160 Å². The van der Waals surface area contributed by atoms with Crippen LogP contribution in [0.4, 0.5) is 0 Å². The van der Waals surface area contributed by atoms with Gasteiger partial charge in [-0.05, 0) is 51.5 Å². The van der Waals surface area contributed by atoms with Crippen LogP contribution in [0.3, 0.4) is 0 Å². The van der Waals surface area contributed by atoms with Gasteiger partial charge >= 0.3 is 11.9 Å². The average Bonchev–Trinajstić information content (AvgIpc) is 0.851. The number of carboxylic acids is 2. The number of aliphatic carboxylic acids is 2. The molecule has 1 fully saturated rings. The number of rotatable bonds is 111. The van der Waals surface area contributed by atoms with Crippen LogP contribution in [0.25, 0.3) is 0 Å². The molecule has 1 heterocycles. The van der Waals surface area contributed by atoms with Crippen molar-refractivity contribution in [1.82, 2.24) is 36.4 Å². The number of hydrogen-bond donors (Lipinski definition) is 7. The lowest BCUT2D eigenvalue weighted by Crippen LogP contribution is -2.60. The summed E-state index contributed by atoms with van der Waals surface area (Å²) in [6, 6.07) is -5.05. The van der Waals surface area contributed by atoms with Gasteiger partial charge in [0.25, 0.3) is 0 Å². The van der Waals surface area contributed by atoms with Crippen molar-refractivity contribution in [3.63, 3.8) is 0 Å². The fourth-order valence-corrected chi connectivity index (χ4v) is 13.4. The molecule has 1 rings (SSSR count). The minimum absolute atomic E-state index is 0.113. The van der Waals surface area contributed by atoms with Crippen molar-refractivity contribution in [2.75, 3.05) is 357 Å². The van der Waals surface area contributed by atoms with E-state index in [4.69, 9.17) is 114 Å². The Morgan fingerprint density at radius 2 is 0.529 bits per heavy atom. The van der Waals surface area contributed by atoms with Gasteiger partial charge in [0, 0.05) is 65.5 Å². The highest BCUT2D eigenvalue weighted by Gasteiger charge is 2.36. The Bertz CT molecular complexity index is 2750. The number of unbranched alkanes of at least 4 members (excludes halogenated alkanes) is 17. The molecule has 41 nitrogen and oxygen atoms in total. The van der Waals surface area contributed by atoms with Gasteiger partial charge in [0.05, 0.1) is 311 Å². The molecular weight excluding hydrogens is 1810 g/mol. The highest BCUT2D eigenvalue weighted by atomic mass is 16.6. The largest absolute Gasteiger partial charge is 0.481 e. The predicted molar refractivity (Wildman–Crippen MR) is 516 cm³/mol. The molecule has 1 unspecified atom stereocenters. The quantitative estimate of drug-likeness (QED) is 0.0332. The van der Waals surface area contributed by atoms with Crippen LogP contribution in [0.2, 0.25) is 0 Å². The molecule has 0 aromatic heterocycles. The number of carboxylic acid groups (broad SMARTS) is 2. The summed E-state index contributed by atoms with van der Waals surface area (Å²) in [7, 11) is 3.60. The number of hydrogen-bond acceptors (Lipinski definition) is 33. The lowest BCUT2D eigenvalue weighted by atomic mass is 9.96. The highest BCUT2D eigenvalue weighted by Crippen LogP contribution is 2.18. The fourth-order valence-electron chi connectivity index (χ4n) is 13.4. The van der Waals surface area contributed by atoms with E-state index in [1.54, 1.807) is 18.9 Å². The van der Waals surface area contributed by atoms with Crippen LogP contribution >= 0.6 is 0 Å². The molecule has 1 aliphatic rings. The zero-order chi connectivity index (χ0) is 100. The van der Waals surface area contributed by atoms with Crippen molar-refractivity contribution < 1.29 is 162 Å². The molecule has 1 aliphatic heterocycles. The first-order valence-electron chi connectivity index (χ1n) is 51.3. The van der Waals surface area contributed by atoms with E-state index in [0.717, 1.165) is 25.7 Å². The number of amides is 6. The third kappa shape index (κ3) is 89.6. The molecular formula is C97H185N7O34. The van der Waals surface area contributed by atoms with Gasteiger partial charge in [-0.1, -0.05) is 130 Å². The van der Waals surface area contributed by atoms with Gasteiger partial charge in [-0.25, -0.2) is 0 Å². The van der Waals surface area contributed by atoms with Crippen LogP contribution in [-0.2, 0) is 152 Å². The molecule has 138 heavy (non-hydrogen) atoms. The Labute approximate surface area is 824 Å². The predicted octanol–water partition coefficient (Wildman–Crippen LogP) is 6.22. The summed E-state index contributed by atoms with van der Waals surface area (Å²) in [5.41, 5.74) is 0. The standard InChI is InChI=1S/C97H185N7O34/c1-6-8-9-10-11-12-13-14-15-16-17-18-19-20-21-22-23-27-90(106)99-86(28-30-91(107)108)94(111)100-87(29-31-92(109)110)95(112)102-93(85(3)7-2)96(113)101-88(97(114)104-36-34-103(4)35-37-104)26-24-25-33-98-89(105)32-38-116-41-42-118-45-46-120-49-50-122-53-54-124-57-58-126-61-62-128-65-66-130-69-70-132-73-74-134-77-78-136-81-82-138-84-83-137-80-79-135-76-75-133-72-71-131-68-67-129-64-63-127-60-59-125-56-55-123-52-51-121-48-47-119-44-43-117-40-39-115-5/h85-88,93H,6-84H2,1-5H3,(H,98,105)(H,99,106)(H,100,111)(H,101,113)(H,102,112)(H,107,108)(H,109,110)/t85-,86?,87-,88-,93-/m0/s1. The van der Waals surface area contributed by atoms with Gasteiger partial charge in [-0.2, -0.15) is 0 Å². The first-order valence-corrected chi connectivity index (χ1v) is 51.3. The van der Waals surface area contributed by atoms with Gasteiger partial charge in [0.15, 0.2) is 0 Å². The van der Waals surface area contributed by atoms with Crippen molar-refractivity contribution in [2.24, 2.45) is 5.92 Å². The molecule has 0 aliphatic carbocycles. The summed E-state index contributed by atoms with van der Waals surface area (Å²) in [5.74, 6) is -6.31. The monoisotopic (exact) mass is 1990 g/mol. The lowest BCUT2D eigenvalue weighted by molar-refractivity contribution is -0.140. The van der Waals surface area contributed by atoms with E-state index in [1.807, 2.05) is 14.0 Å². The number of piperazine rings is 1. The van der Waals surface area contributed by atoms with Gasteiger partial charge in [0.2, 0.25) is 35.4 Å². The molecule has 6 amide bonds. The number of nitrogens with zero attached hydrogens (tertiary/aromatic N) is 2. The molecule has 0 bridgehead atoms. The Morgan fingerprint density at radius 1 is 0.268 bits per heavy atom. The van der Waals surface area contributed by atoms with Crippen molar-refractivity contribution >= 4 is 47.4 Å². The first kappa shape index (κ1) is 131. The molecule has 5 atom stereocenters. The minimum Gasteiger partial charge on any atom is -0.481 e. The average molecular weight is 1990 g/mol. The van der Waals surface area contributed by atoms with E-state index in [2.05, 4.69) is 38.4 Å². The number of nitrogens with one attached hydrogen (secondary N) is 5. The van der Waals surface area contributed by atoms with Gasteiger partial charge in [-0.3, -0.25) is 38.4 Å². The second-order valence-corrected chi connectivity index (χ2v) is 33.2. The minimum atomic E-state index is -1.49. The number of carbonyl (C=O) groups is 8. The summed E-state index contributed by atoms with van der Waals surface area (Å²) in [6.45, 7) is 29.5. The fraction of sp³-hybridized carbons (Fsp3) is 0.918. The van der Waals surface area contributed by atoms with Crippen LogP contribution in [0.5, 0.6) is 0 Å². The van der Waals surface area contributed by atoms with Crippen LogP contribution in [-0.4, -0.2) is 449 Å². The topological polar surface area (TPSA) is 465 Å². The number of methoxy groups -OCH3 is 1. The molecule has 0 saturated carbocycles. The maximum absolute atomic E-state index is 14.4. The Hall–Kier alpha value is -5.24. The Balaban J connectivity index is 2.04. The third-order valence-electron chi connectivity index (χ3n) is 21.6. The smallest absolute Gasteiger partial charge is 0.303 e. The third-order valence-corrected chi connectivity index (χ3v) is 21.6. The molecule has 0 radical (unpaired) electrons. The molecule has 41 heteroatoms. The molecule has 0 aromatic carbocycles. The first-order chi connectivity index (χ1) is 67.6. The highest BCUT2D eigenvalue weighted by molar-refractivity contribution is 5.96. The second-order valence-electron chi connectivity index (χ2n) is 33.2. The van der Waals surface area contributed by atoms with Crippen molar-refractivity contribution in [2.45, 2.75) is 218 Å². The zero-order valence-corrected chi connectivity index (χ0v) is 85.1. The maximum Gasteiger partial charge on any atom is 0.303 e. The van der Waals surface area contributed by atoms with E-state index < -0.39 is 78.5 Å². The molecule has 0 aromatic rings. The SMILES string of the molecule is CCCCCCCCCCCCCCCCCCCC(=O)NC(CCC(=O)O)C(=O)N[C@@H](CCC(=O)O)C(=O)N[C@H](C(=O)N[C@@H](CCCCNC(=O)CCOCCOCCOCCOCCOCCOCCOCCOCCOCCOCCOCCOCCOCCOCCOCCOCCOCCOCCOCCOCCOCCOCCOCCOC)C(=O)N1CCN(C)CC1)[C@@H](C)CC. The summed E-state index contributed by atoms with van der Waals surface area (Å²) < 4.78 is 132. The van der Waals surface area contributed by atoms with Crippen molar-refractivity contribution in [3.8, 4) is 0 Å². The maximum atomic E-state index is 14.4. The van der Waals surface area contributed by atoms with Crippen molar-refractivity contribution in [1.29, 1.82) is 0 Å². The second kappa shape index (κ2) is 103. The summed E-state index contributed by atoms with van der Waals surface area (Å²) >= 11 is 0. The molecule has 0 spiro atoms. The van der Waals surface area contributed by atoms with Crippen molar-refractivity contribution in [3.05, 3.63) is 0 Å². The van der Waals surface area contributed by atoms with Crippen LogP contribution in [0, 0.1) is 5.92 Å². The zero-order valence-electron chi connectivity index (χ0n) is 85.1. The van der Waals surface area contributed by atoms with E-state index >= 15 is 0 Å². The Kier molecular flexibility index (Phi) is 97.8. The number of carbonyl (C=O) groups excluding carboxylic acids is 6. The number of ether oxygens (including phenoxy) is 24. The van der Waals surface area contributed by atoms with Gasteiger partial charge in [0.1, 0.15) is 24.2 Å². The van der Waals surface area contributed by atoms with E-state index in [1.165, 1.54) is 77.0 Å². The summed E-state index contributed by atoms with van der Waals surface area (Å²) in [5, 5.41) is 32.9. The summed E-state index contributed by atoms with van der Waals surface area (Å²) in [4.78, 5) is 110. The lowest BCUT2D eigenvalue weighted by Gasteiger charge is -2.35. The van der Waals surface area contributed by atoms with E-state index in [9.17, 15) is 48.6 Å². The van der Waals surface area contributed by atoms with Crippen LogP contribution < -0.4 is 26.6 Å². The summed E-state index contributed by atoms with van der Waals surface area (Å²) in [6.07, 6.45) is 20.3. The van der Waals surface area contributed by atoms with Crippen LogP contribution in [0.1, 0.15) is 194 Å². The molecule has 1 saturated heterocycles. The van der Waals surface area contributed by atoms with Gasteiger partial charge in [-0.15, -0.1) is 0 Å². The Morgan fingerprint density at radius 3 is 0.812 bits per heavy atom. The normalized spacial score (nSPS) is 13.5. The number of likely N-dealkylation sites (N-methyl/N-ethyl adjacent to an activating group) is 1. The van der Waals surface area contributed by atoms with Crippen LogP contribution in [0.15, 0.2) is 0 Å². The van der Waals surface area contributed by atoms with E-state index in [0.29, 0.717) is 356 Å².